The molecule has 2 aliphatic heterocycles. The van der Waals surface area contributed by atoms with E-state index in [0.29, 0.717) is 43.3 Å². The molecule has 0 unspecified atom stereocenters. The van der Waals surface area contributed by atoms with Gasteiger partial charge < -0.3 is 19.3 Å². The highest BCUT2D eigenvalue weighted by Crippen LogP contribution is 2.39. The topological polar surface area (TPSA) is 102 Å². The number of anilines is 2. The van der Waals surface area contributed by atoms with Gasteiger partial charge in [-0.25, -0.2) is 23.2 Å². The standard InChI is InChI=1S/C23H30N4O5S/c1-15(2)31-23(28)26-10-7-17(8-11-26)32-22-19-9-12-27(21(19)24-14-25-22)20-6-5-18(13-16(20)3)33(4,29)30/h5-6,13-15,17H,7-12H2,1-4H3. The summed E-state index contributed by atoms with van der Waals surface area (Å²) in [5, 5.41) is 0. The zero-order chi connectivity index (χ0) is 23.8. The molecule has 0 spiro atoms. The molecule has 0 bridgehead atoms. The van der Waals surface area contributed by atoms with Gasteiger partial charge >= 0.3 is 6.09 Å². The summed E-state index contributed by atoms with van der Waals surface area (Å²) in [7, 11) is -3.26. The minimum Gasteiger partial charge on any atom is -0.474 e. The largest absolute Gasteiger partial charge is 0.474 e. The van der Waals surface area contributed by atoms with Crippen LogP contribution >= 0.6 is 0 Å². The fraction of sp³-hybridized carbons (Fsp3) is 0.522. The van der Waals surface area contributed by atoms with Crippen LogP contribution in [-0.4, -0.2) is 67.5 Å². The summed E-state index contributed by atoms with van der Waals surface area (Å²) in [5.74, 6) is 1.37. The van der Waals surface area contributed by atoms with Crippen LogP contribution in [0.3, 0.4) is 0 Å². The molecule has 2 aliphatic rings. The first-order valence-corrected chi connectivity index (χ1v) is 13.1. The number of amides is 1. The number of carbonyl (C=O) groups is 1. The summed E-state index contributed by atoms with van der Waals surface area (Å²) < 4.78 is 35.3. The van der Waals surface area contributed by atoms with Gasteiger partial charge in [-0.2, -0.15) is 0 Å². The lowest BCUT2D eigenvalue weighted by Gasteiger charge is -2.32. The number of fused-ring (bicyclic) bond motifs is 1. The Bertz CT molecular complexity index is 1140. The third kappa shape index (κ3) is 5.05. The smallest absolute Gasteiger partial charge is 0.410 e. The summed E-state index contributed by atoms with van der Waals surface area (Å²) >= 11 is 0. The van der Waals surface area contributed by atoms with E-state index in [9.17, 15) is 13.2 Å². The van der Waals surface area contributed by atoms with Crippen LogP contribution in [0.15, 0.2) is 29.4 Å². The third-order valence-corrected chi connectivity index (χ3v) is 7.04. The maximum atomic E-state index is 12.1. The second-order valence-electron chi connectivity index (χ2n) is 8.84. The molecule has 0 aliphatic carbocycles. The number of aromatic nitrogens is 2. The van der Waals surface area contributed by atoms with Gasteiger partial charge in [-0.3, -0.25) is 0 Å². The van der Waals surface area contributed by atoms with Gasteiger partial charge in [-0.15, -0.1) is 0 Å². The number of carbonyl (C=O) groups excluding carboxylic acids is 1. The van der Waals surface area contributed by atoms with Crippen molar-refractivity contribution in [2.75, 3.05) is 30.8 Å². The third-order valence-electron chi connectivity index (χ3n) is 5.93. The van der Waals surface area contributed by atoms with E-state index in [1.54, 1.807) is 17.0 Å². The summed E-state index contributed by atoms with van der Waals surface area (Å²) in [6.45, 7) is 7.47. The Morgan fingerprint density at radius 1 is 1.15 bits per heavy atom. The molecule has 1 aromatic heterocycles. The van der Waals surface area contributed by atoms with Gasteiger partial charge in [0.25, 0.3) is 0 Å². The van der Waals surface area contributed by atoms with Crippen molar-refractivity contribution in [3.63, 3.8) is 0 Å². The van der Waals surface area contributed by atoms with Crippen molar-refractivity contribution in [1.29, 1.82) is 0 Å². The van der Waals surface area contributed by atoms with Gasteiger partial charge in [0.1, 0.15) is 18.2 Å². The van der Waals surface area contributed by atoms with Gasteiger partial charge in [-0.05, 0) is 51.0 Å². The molecule has 4 rings (SSSR count). The first-order chi connectivity index (χ1) is 15.6. The molecular formula is C23H30N4O5S. The minimum absolute atomic E-state index is 0.0306. The molecule has 0 atom stereocenters. The van der Waals surface area contributed by atoms with E-state index in [4.69, 9.17) is 9.47 Å². The molecule has 1 aromatic carbocycles. The summed E-state index contributed by atoms with van der Waals surface area (Å²) in [5.41, 5.74) is 2.74. The Morgan fingerprint density at radius 3 is 2.52 bits per heavy atom. The highest BCUT2D eigenvalue weighted by atomic mass is 32.2. The van der Waals surface area contributed by atoms with Gasteiger partial charge in [0.05, 0.1) is 16.6 Å². The van der Waals surface area contributed by atoms with Crippen LogP contribution in [-0.2, 0) is 21.0 Å². The number of aryl methyl sites for hydroxylation is 1. The summed E-state index contributed by atoms with van der Waals surface area (Å²) in [6.07, 6.45) is 4.42. The van der Waals surface area contributed by atoms with E-state index in [1.165, 1.54) is 12.6 Å². The number of rotatable bonds is 5. The van der Waals surface area contributed by atoms with Crippen molar-refractivity contribution in [3.8, 4) is 5.88 Å². The average molecular weight is 475 g/mol. The van der Waals surface area contributed by atoms with Gasteiger partial charge in [0.15, 0.2) is 9.84 Å². The molecule has 178 valence electrons. The van der Waals surface area contributed by atoms with Crippen LogP contribution in [0.5, 0.6) is 5.88 Å². The number of hydrogen-bond acceptors (Lipinski definition) is 8. The lowest BCUT2D eigenvalue weighted by molar-refractivity contribution is 0.0505. The van der Waals surface area contributed by atoms with E-state index in [-0.39, 0.29) is 18.3 Å². The highest BCUT2D eigenvalue weighted by Gasteiger charge is 2.30. The van der Waals surface area contributed by atoms with Crippen molar-refractivity contribution in [1.82, 2.24) is 14.9 Å². The Labute approximate surface area is 194 Å². The molecule has 3 heterocycles. The second kappa shape index (κ2) is 9.17. The first kappa shape index (κ1) is 23.3. The molecule has 1 fully saturated rings. The summed E-state index contributed by atoms with van der Waals surface area (Å²) in [6, 6.07) is 5.15. The number of nitrogens with zero attached hydrogens (tertiary/aromatic N) is 4. The van der Waals surface area contributed by atoms with E-state index < -0.39 is 9.84 Å². The number of hydrogen-bond donors (Lipinski definition) is 0. The number of likely N-dealkylation sites (tertiary alicyclic amines) is 1. The molecule has 0 N–H and O–H groups in total. The van der Waals surface area contributed by atoms with Crippen LogP contribution in [0.4, 0.5) is 16.3 Å². The highest BCUT2D eigenvalue weighted by molar-refractivity contribution is 7.90. The quantitative estimate of drug-likeness (QED) is 0.651. The van der Waals surface area contributed by atoms with Crippen molar-refractivity contribution in [2.45, 2.75) is 57.1 Å². The van der Waals surface area contributed by atoms with Crippen molar-refractivity contribution in [3.05, 3.63) is 35.7 Å². The normalized spacial score (nSPS) is 16.8. The van der Waals surface area contributed by atoms with Crippen LogP contribution in [0.25, 0.3) is 0 Å². The predicted octanol–water partition coefficient (Wildman–Crippen LogP) is 3.27. The van der Waals surface area contributed by atoms with E-state index in [0.717, 1.165) is 29.1 Å². The maximum Gasteiger partial charge on any atom is 0.410 e. The molecule has 1 saturated heterocycles. The second-order valence-corrected chi connectivity index (χ2v) is 10.9. The molecule has 33 heavy (non-hydrogen) atoms. The van der Waals surface area contributed by atoms with E-state index in [1.807, 2.05) is 26.8 Å². The van der Waals surface area contributed by atoms with E-state index >= 15 is 0 Å². The SMILES string of the molecule is Cc1cc(S(C)(=O)=O)ccc1N1CCc2c(OC3CCN(C(=O)OC(C)C)CC3)ncnc21. The Hall–Kier alpha value is -2.88. The van der Waals surface area contributed by atoms with Crippen LogP contribution in [0.1, 0.15) is 37.8 Å². The number of sulfone groups is 1. The molecule has 9 nitrogen and oxygen atoms in total. The van der Waals surface area contributed by atoms with Crippen LogP contribution in [0.2, 0.25) is 0 Å². The number of piperidine rings is 1. The van der Waals surface area contributed by atoms with Crippen LogP contribution in [0, 0.1) is 6.92 Å². The zero-order valence-corrected chi connectivity index (χ0v) is 20.3. The Kier molecular flexibility index (Phi) is 6.47. The fourth-order valence-electron chi connectivity index (χ4n) is 4.26. The van der Waals surface area contributed by atoms with E-state index in [2.05, 4.69) is 14.9 Å². The maximum absolute atomic E-state index is 12.1. The van der Waals surface area contributed by atoms with Gasteiger partial charge in [0, 0.05) is 44.4 Å². The fourth-order valence-corrected chi connectivity index (χ4v) is 4.96. The van der Waals surface area contributed by atoms with Crippen molar-refractivity contribution in [2.24, 2.45) is 0 Å². The zero-order valence-electron chi connectivity index (χ0n) is 19.4. The Morgan fingerprint density at radius 2 is 1.88 bits per heavy atom. The number of benzene rings is 1. The Balaban J connectivity index is 1.47. The molecule has 2 aromatic rings. The van der Waals surface area contributed by atoms with Crippen molar-refractivity contribution >= 4 is 27.4 Å². The van der Waals surface area contributed by atoms with Gasteiger partial charge in [-0.1, -0.05) is 0 Å². The monoisotopic (exact) mass is 474 g/mol. The molecule has 0 saturated carbocycles. The van der Waals surface area contributed by atoms with Gasteiger partial charge in [0.2, 0.25) is 5.88 Å². The minimum atomic E-state index is -3.26. The molecular weight excluding hydrogens is 444 g/mol. The molecule has 10 heteroatoms. The predicted molar refractivity (Wildman–Crippen MR) is 124 cm³/mol. The first-order valence-electron chi connectivity index (χ1n) is 11.2. The van der Waals surface area contributed by atoms with Crippen molar-refractivity contribution < 1.29 is 22.7 Å². The molecule has 1 amide bonds. The average Bonchev–Trinajstić information content (AvgIpc) is 3.18. The number of ether oxygens (including phenoxy) is 2. The lowest BCUT2D eigenvalue weighted by Crippen LogP contribution is -2.42. The molecule has 0 radical (unpaired) electrons. The lowest BCUT2D eigenvalue weighted by atomic mass is 10.1. The van der Waals surface area contributed by atoms with Crippen LogP contribution < -0.4 is 9.64 Å². The summed E-state index contributed by atoms with van der Waals surface area (Å²) in [4.78, 5) is 25.1.